The number of phenols is 1. The van der Waals surface area contributed by atoms with Gasteiger partial charge in [0, 0.05) is 44.4 Å². The van der Waals surface area contributed by atoms with E-state index in [1.54, 1.807) is 33.2 Å². The molecule has 1 fully saturated rings. The largest absolute Gasteiger partial charge is 0.504 e. The molecule has 1 unspecified atom stereocenters. The van der Waals surface area contributed by atoms with Crippen LogP contribution in [0, 0.1) is 17.0 Å². The summed E-state index contributed by atoms with van der Waals surface area (Å²) in [5.41, 5.74) is 5.42. The topological polar surface area (TPSA) is 163 Å². The molecule has 0 spiro atoms. The van der Waals surface area contributed by atoms with E-state index in [9.17, 15) is 14.7 Å². The van der Waals surface area contributed by atoms with Gasteiger partial charge in [-0.2, -0.15) is 13.8 Å². The fraction of sp³-hybridized carbons (Fsp3) is 0.333. The van der Waals surface area contributed by atoms with E-state index in [0.717, 1.165) is 0 Å². The zero-order chi connectivity index (χ0) is 32.1. The molecule has 234 valence electrons. The number of nitrogens with one attached hydrogen (secondary N) is 2. The maximum atomic E-state index is 15.9. The number of aromatic nitrogens is 1. The van der Waals surface area contributed by atoms with Crippen LogP contribution in [-0.4, -0.2) is 84.0 Å². The van der Waals surface area contributed by atoms with E-state index in [2.05, 4.69) is 10.3 Å². The van der Waals surface area contributed by atoms with Crippen molar-refractivity contribution < 1.29 is 37.7 Å². The van der Waals surface area contributed by atoms with Gasteiger partial charge in [-0.1, -0.05) is 6.07 Å². The number of hydrogen-bond acceptors (Lipinski definition) is 10. The molecular weight excluding hydrogens is 578 g/mol. The monoisotopic (exact) mass is 612 g/mol. The molecule has 1 saturated heterocycles. The number of halogens is 2. The number of rotatable bonds is 10. The highest BCUT2D eigenvalue weighted by Crippen LogP contribution is 2.39. The number of phenolic OH excluding ortho intramolecular Hbond substituents is 1. The van der Waals surface area contributed by atoms with Crippen molar-refractivity contribution in [3.8, 4) is 29.0 Å². The minimum absolute atomic E-state index is 0.0548. The van der Waals surface area contributed by atoms with Crippen molar-refractivity contribution >= 4 is 23.4 Å². The Labute approximate surface area is 252 Å². The van der Waals surface area contributed by atoms with Gasteiger partial charge in [0.1, 0.15) is 23.3 Å². The van der Waals surface area contributed by atoms with Gasteiger partial charge in [0.2, 0.25) is 11.6 Å². The predicted molar refractivity (Wildman–Crippen MR) is 158 cm³/mol. The van der Waals surface area contributed by atoms with Gasteiger partial charge < -0.3 is 35.3 Å². The number of piperidine rings is 1. The van der Waals surface area contributed by atoms with Gasteiger partial charge in [-0.15, -0.1) is 0 Å². The normalized spacial score (nSPS) is 14.4. The number of pyridine rings is 1. The number of nitrogen functional groups attached to an aromatic ring is 1. The molecule has 44 heavy (non-hydrogen) atoms. The minimum atomic E-state index is -1.19. The van der Waals surface area contributed by atoms with E-state index < -0.39 is 46.9 Å². The van der Waals surface area contributed by atoms with Crippen molar-refractivity contribution in [1.29, 1.82) is 5.41 Å². The molecule has 4 rings (SSSR count). The number of carbonyl (C=O) groups excluding carboxylic acids is 2. The molecule has 12 nitrogen and oxygen atoms in total. The Bertz CT molecular complexity index is 1560. The molecule has 5 N–H and O–H groups in total. The van der Waals surface area contributed by atoms with Gasteiger partial charge in [0.25, 0.3) is 17.7 Å². The molecule has 2 aromatic carbocycles. The second kappa shape index (κ2) is 13.5. The highest BCUT2D eigenvalue weighted by Gasteiger charge is 2.30. The van der Waals surface area contributed by atoms with Crippen LogP contribution < -0.4 is 20.5 Å². The first-order chi connectivity index (χ1) is 20.9. The molecule has 3 aromatic rings. The Kier molecular flexibility index (Phi) is 9.83. The van der Waals surface area contributed by atoms with Crippen LogP contribution in [0.5, 0.6) is 29.0 Å². The summed E-state index contributed by atoms with van der Waals surface area (Å²) in [6.45, 7) is 2.66. The van der Waals surface area contributed by atoms with E-state index in [1.807, 2.05) is 4.90 Å². The Balaban J connectivity index is 1.69. The third-order valence-electron chi connectivity index (χ3n) is 7.16. The van der Waals surface area contributed by atoms with Crippen LogP contribution in [0.2, 0.25) is 0 Å². The highest BCUT2D eigenvalue weighted by atomic mass is 19.1. The highest BCUT2D eigenvalue weighted by molar-refractivity contribution is 5.95. The van der Waals surface area contributed by atoms with Crippen LogP contribution >= 0.6 is 0 Å². The first-order valence-corrected chi connectivity index (χ1v) is 13.7. The van der Waals surface area contributed by atoms with Gasteiger partial charge in [0.05, 0.1) is 7.11 Å². The lowest BCUT2D eigenvalue weighted by molar-refractivity contribution is -0.146. The van der Waals surface area contributed by atoms with Crippen molar-refractivity contribution in [2.24, 2.45) is 5.73 Å². The second-order valence-corrected chi connectivity index (χ2v) is 10.4. The van der Waals surface area contributed by atoms with Crippen LogP contribution in [0.4, 0.5) is 14.5 Å². The lowest BCUT2D eigenvalue weighted by Gasteiger charge is -2.35. The number of amides is 1. The molecule has 0 radical (unpaired) electrons. The Morgan fingerprint density at radius 1 is 1.09 bits per heavy atom. The summed E-state index contributed by atoms with van der Waals surface area (Å²) >= 11 is 0. The standard InChI is InChI=1S/C30H34F2N6O6/c1-16(30(41)42-4)38-12-10-19(11-13-38)35-25-23(31)27(43-20-7-5-6-18(14-20)29(40)37(2)3)36-28(24(25)32)44-22-15-17(26(33)34)8-9-21(22)39/h5-9,14-16,19,39H,10-13H2,1-4H3,(H3,33,34)(H,35,36). The zero-order valence-corrected chi connectivity index (χ0v) is 24.7. The average molecular weight is 613 g/mol. The first-order valence-electron chi connectivity index (χ1n) is 13.7. The molecule has 0 saturated carbocycles. The van der Waals surface area contributed by atoms with Gasteiger partial charge in [-0.25, -0.2) is 0 Å². The maximum absolute atomic E-state index is 15.9. The summed E-state index contributed by atoms with van der Waals surface area (Å²) in [7, 11) is 4.47. The number of aromatic hydroxyl groups is 1. The quantitative estimate of drug-likeness (QED) is 0.149. The minimum Gasteiger partial charge on any atom is -0.504 e. The smallest absolute Gasteiger partial charge is 0.322 e. The number of ether oxygens (including phenoxy) is 3. The van der Waals surface area contributed by atoms with E-state index in [4.69, 9.17) is 25.4 Å². The maximum Gasteiger partial charge on any atom is 0.322 e. The van der Waals surface area contributed by atoms with Crippen molar-refractivity contribution in [3.05, 3.63) is 65.2 Å². The molecule has 1 aliphatic rings. The van der Waals surface area contributed by atoms with Crippen molar-refractivity contribution in [2.75, 3.05) is 39.6 Å². The summed E-state index contributed by atoms with van der Waals surface area (Å²) in [6, 6.07) is 8.90. The van der Waals surface area contributed by atoms with Crippen LogP contribution in [-0.2, 0) is 9.53 Å². The van der Waals surface area contributed by atoms with E-state index in [-0.39, 0.29) is 40.3 Å². The number of anilines is 1. The van der Waals surface area contributed by atoms with Gasteiger partial charge in [-0.3, -0.25) is 19.9 Å². The Hall–Kier alpha value is -4.98. The lowest BCUT2D eigenvalue weighted by Crippen LogP contribution is -2.47. The fourth-order valence-corrected chi connectivity index (χ4v) is 4.65. The number of esters is 1. The molecule has 1 aromatic heterocycles. The van der Waals surface area contributed by atoms with Gasteiger partial charge in [-0.05, 0) is 56.2 Å². The number of hydrogen-bond donors (Lipinski definition) is 4. The number of carbonyl (C=O) groups is 2. The Morgan fingerprint density at radius 3 is 2.36 bits per heavy atom. The predicted octanol–water partition coefficient (Wildman–Crippen LogP) is 4.07. The molecule has 2 heterocycles. The number of methoxy groups -OCH3 is 1. The summed E-state index contributed by atoms with van der Waals surface area (Å²) in [4.78, 5) is 31.6. The summed E-state index contributed by atoms with van der Waals surface area (Å²) in [6.07, 6.45) is 0.899. The third-order valence-corrected chi connectivity index (χ3v) is 7.16. The van der Waals surface area contributed by atoms with Crippen molar-refractivity contribution in [3.63, 3.8) is 0 Å². The van der Waals surface area contributed by atoms with E-state index in [0.29, 0.717) is 25.9 Å². The summed E-state index contributed by atoms with van der Waals surface area (Å²) in [5, 5.41) is 20.9. The fourth-order valence-electron chi connectivity index (χ4n) is 4.65. The summed E-state index contributed by atoms with van der Waals surface area (Å²) < 4.78 is 47.9. The van der Waals surface area contributed by atoms with Crippen LogP contribution in [0.25, 0.3) is 0 Å². The molecular formula is C30H34F2N6O6. The van der Waals surface area contributed by atoms with Gasteiger partial charge >= 0.3 is 5.97 Å². The number of nitrogens with zero attached hydrogens (tertiary/aromatic N) is 3. The SMILES string of the molecule is COC(=O)C(C)N1CCC(Nc2c(F)c(Oc3cccc(C(=O)N(C)C)c3)nc(Oc3cc(C(=N)N)ccc3O)c2F)CC1. The summed E-state index contributed by atoms with van der Waals surface area (Å²) in [5.74, 6) is -5.36. The van der Waals surface area contributed by atoms with Crippen LogP contribution in [0.1, 0.15) is 35.7 Å². The molecule has 0 aliphatic carbocycles. The number of nitrogens with two attached hydrogens (primary N) is 1. The number of benzene rings is 2. The molecule has 1 amide bonds. The molecule has 0 bridgehead atoms. The van der Waals surface area contributed by atoms with Crippen molar-refractivity contribution in [1.82, 2.24) is 14.8 Å². The zero-order valence-electron chi connectivity index (χ0n) is 24.7. The lowest BCUT2D eigenvalue weighted by atomic mass is 10.0. The van der Waals surface area contributed by atoms with Gasteiger partial charge in [0.15, 0.2) is 11.5 Å². The Morgan fingerprint density at radius 2 is 1.75 bits per heavy atom. The van der Waals surface area contributed by atoms with Crippen molar-refractivity contribution in [2.45, 2.75) is 31.8 Å². The second-order valence-electron chi connectivity index (χ2n) is 10.4. The van der Waals surface area contributed by atoms with E-state index >= 15 is 8.78 Å². The number of likely N-dealkylation sites (tertiary alicyclic amines) is 1. The van der Waals surface area contributed by atoms with Crippen LogP contribution in [0.3, 0.4) is 0 Å². The molecule has 14 heteroatoms. The van der Waals surface area contributed by atoms with Crippen LogP contribution in [0.15, 0.2) is 42.5 Å². The third kappa shape index (κ3) is 7.14. The molecule has 1 aliphatic heterocycles. The average Bonchev–Trinajstić information content (AvgIpc) is 3.01. The first kappa shape index (κ1) is 31.9. The molecule has 1 atom stereocenters. The van der Waals surface area contributed by atoms with E-state index in [1.165, 1.54) is 42.3 Å². The number of amidine groups is 1.